The molecule has 108 valence electrons. The average Bonchev–Trinajstić information content (AvgIpc) is 3.07. The molecule has 2 heterocycles. The molecule has 0 radical (unpaired) electrons. The van der Waals surface area contributed by atoms with Crippen molar-refractivity contribution < 1.29 is 9.53 Å². The summed E-state index contributed by atoms with van der Waals surface area (Å²) in [5.41, 5.74) is 2.19. The Morgan fingerprint density at radius 3 is 2.85 bits per heavy atom. The van der Waals surface area contributed by atoms with Gasteiger partial charge >= 0.3 is 6.09 Å². The fourth-order valence-corrected chi connectivity index (χ4v) is 3.31. The highest BCUT2D eigenvalue weighted by atomic mass is 79.9. The third-order valence-electron chi connectivity index (χ3n) is 3.99. The van der Waals surface area contributed by atoms with E-state index in [1.807, 2.05) is 12.1 Å². The molecule has 0 saturated carbocycles. The molecule has 1 aromatic carbocycles. The molecule has 2 aliphatic rings. The summed E-state index contributed by atoms with van der Waals surface area (Å²) in [5.74, 6) is 0. The molecule has 20 heavy (non-hydrogen) atoms. The van der Waals surface area contributed by atoms with E-state index in [-0.39, 0.29) is 6.09 Å². The first-order valence-corrected chi connectivity index (χ1v) is 7.98. The van der Waals surface area contributed by atoms with Crippen LogP contribution in [-0.2, 0) is 11.2 Å². The molecular weight excluding hydrogens is 320 g/mol. The van der Waals surface area contributed by atoms with Crippen molar-refractivity contribution in [2.45, 2.75) is 19.3 Å². The zero-order chi connectivity index (χ0) is 13.9. The van der Waals surface area contributed by atoms with Crippen LogP contribution in [-0.4, -0.2) is 43.8 Å². The second kappa shape index (κ2) is 6.14. The summed E-state index contributed by atoms with van der Waals surface area (Å²) in [5, 5.41) is 0. The van der Waals surface area contributed by atoms with E-state index < -0.39 is 0 Å². The largest absolute Gasteiger partial charge is 0.448 e. The second-order valence-electron chi connectivity index (χ2n) is 5.34. The second-order valence-corrected chi connectivity index (χ2v) is 6.25. The van der Waals surface area contributed by atoms with E-state index in [0.717, 1.165) is 36.2 Å². The topological polar surface area (TPSA) is 32.8 Å². The molecule has 0 N–H and O–H groups in total. The number of halogens is 1. The number of likely N-dealkylation sites (tertiary alicyclic amines) is 1. The number of ether oxygens (including phenoxy) is 1. The Morgan fingerprint density at radius 1 is 1.25 bits per heavy atom. The van der Waals surface area contributed by atoms with Gasteiger partial charge in [-0.25, -0.2) is 4.79 Å². The number of fused-ring (bicyclic) bond motifs is 1. The quantitative estimate of drug-likeness (QED) is 0.849. The fraction of sp³-hybridized carbons (Fsp3) is 0.533. The van der Waals surface area contributed by atoms with E-state index in [1.165, 1.54) is 18.4 Å². The molecule has 0 aromatic heterocycles. The van der Waals surface area contributed by atoms with Crippen molar-refractivity contribution in [2.24, 2.45) is 0 Å². The summed E-state index contributed by atoms with van der Waals surface area (Å²) in [6, 6.07) is 6.02. The highest BCUT2D eigenvalue weighted by Crippen LogP contribution is 2.30. The third-order valence-corrected chi connectivity index (χ3v) is 4.48. The normalized spacial score (nSPS) is 18.4. The minimum atomic E-state index is -0.217. The molecule has 0 unspecified atom stereocenters. The van der Waals surface area contributed by atoms with Gasteiger partial charge in [-0.3, -0.25) is 9.80 Å². The zero-order valence-electron chi connectivity index (χ0n) is 11.5. The average molecular weight is 339 g/mol. The van der Waals surface area contributed by atoms with Crippen molar-refractivity contribution in [1.82, 2.24) is 4.90 Å². The van der Waals surface area contributed by atoms with Crippen LogP contribution in [0.3, 0.4) is 0 Å². The number of anilines is 1. The summed E-state index contributed by atoms with van der Waals surface area (Å²) in [6.07, 6.45) is 3.21. The number of hydrogen-bond acceptors (Lipinski definition) is 3. The van der Waals surface area contributed by atoms with Gasteiger partial charge in [0.15, 0.2) is 0 Å². The predicted octanol–water partition coefficient (Wildman–Crippen LogP) is 3.04. The van der Waals surface area contributed by atoms with Crippen molar-refractivity contribution in [2.75, 3.05) is 37.7 Å². The van der Waals surface area contributed by atoms with E-state index in [0.29, 0.717) is 13.2 Å². The first-order valence-electron chi connectivity index (χ1n) is 7.19. The SMILES string of the molecule is O=C(OCCN1CCCC1)N1CCc2cc(Br)ccc21. The van der Waals surface area contributed by atoms with Gasteiger partial charge in [-0.2, -0.15) is 0 Å². The van der Waals surface area contributed by atoms with Crippen molar-refractivity contribution in [3.63, 3.8) is 0 Å². The molecule has 1 amide bonds. The summed E-state index contributed by atoms with van der Waals surface area (Å²) >= 11 is 3.46. The van der Waals surface area contributed by atoms with Gasteiger partial charge in [0.05, 0.1) is 5.69 Å². The lowest BCUT2D eigenvalue weighted by atomic mass is 10.2. The zero-order valence-corrected chi connectivity index (χ0v) is 13.1. The molecule has 1 fully saturated rings. The van der Waals surface area contributed by atoms with Crippen LogP contribution in [0.25, 0.3) is 0 Å². The Hall–Kier alpha value is -1.07. The monoisotopic (exact) mass is 338 g/mol. The van der Waals surface area contributed by atoms with Crippen molar-refractivity contribution in [1.29, 1.82) is 0 Å². The first-order chi connectivity index (χ1) is 9.74. The smallest absolute Gasteiger partial charge is 0.414 e. The molecule has 5 heteroatoms. The Morgan fingerprint density at radius 2 is 2.05 bits per heavy atom. The summed E-state index contributed by atoms with van der Waals surface area (Å²) in [4.78, 5) is 16.2. The van der Waals surface area contributed by atoms with Crippen LogP contribution in [0.4, 0.5) is 10.5 Å². The predicted molar refractivity (Wildman–Crippen MR) is 82.2 cm³/mol. The van der Waals surface area contributed by atoms with Crippen molar-refractivity contribution >= 4 is 27.7 Å². The van der Waals surface area contributed by atoms with Crippen LogP contribution in [0, 0.1) is 0 Å². The molecule has 4 nitrogen and oxygen atoms in total. The number of amides is 1. The Kier molecular flexibility index (Phi) is 4.27. The molecule has 0 bridgehead atoms. The minimum Gasteiger partial charge on any atom is -0.448 e. The number of rotatable bonds is 3. The van der Waals surface area contributed by atoms with Gasteiger partial charge in [0, 0.05) is 17.6 Å². The Balaban J connectivity index is 1.53. The van der Waals surface area contributed by atoms with Crippen LogP contribution in [0.1, 0.15) is 18.4 Å². The molecule has 2 aliphatic heterocycles. The maximum atomic E-state index is 12.1. The van der Waals surface area contributed by atoms with Gasteiger partial charge in [0.1, 0.15) is 6.61 Å². The summed E-state index contributed by atoms with van der Waals surface area (Å²) in [6.45, 7) is 4.33. The number of benzene rings is 1. The van der Waals surface area contributed by atoms with Crippen molar-refractivity contribution in [3.05, 3.63) is 28.2 Å². The highest BCUT2D eigenvalue weighted by Gasteiger charge is 2.26. The lowest BCUT2D eigenvalue weighted by Gasteiger charge is -2.19. The molecule has 0 aliphatic carbocycles. The van der Waals surface area contributed by atoms with Crippen LogP contribution in [0.15, 0.2) is 22.7 Å². The van der Waals surface area contributed by atoms with Gasteiger partial charge in [-0.15, -0.1) is 0 Å². The van der Waals surface area contributed by atoms with Gasteiger partial charge in [-0.1, -0.05) is 15.9 Å². The summed E-state index contributed by atoms with van der Waals surface area (Å²) in [7, 11) is 0. The van der Waals surface area contributed by atoms with Crippen LogP contribution in [0.2, 0.25) is 0 Å². The van der Waals surface area contributed by atoms with Crippen molar-refractivity contribution in [3.8, 4) is 0 Å². The van der Waals surface area contributed by atoms with Gasteiger partial charge in [0.25, 0.3) is 0 Å². The van der Waals surface area contributed by atoms with Crippen LogP contribution >= 0.6 is 15.9 Å². The number of carbonyl (C=O) groups excluding carboxylic acids is 1. The lowest BCUT2D eigenvalue weighted by Crippen LogP contribution is -2.32. The molecular formula is C15H19BrN2O2. The molecule has 1 saturated heterocycles. The Bertz CT molecular complexity index is 501. The molecule has 0 atom stereocenters. The maximum absolute atomic E-state index is 12.1. The van der Waals surface area contributed by atoms with Crippen LogP contribution in [0.5, 0.6) is 0 Å². The van der Waals surface area contributed by atoms with Gasteiger partial charge in [-0.05, 0) is 56.1 Å². The molecule has 0 spiro atoms. The van der Waals surface area contributed by atoms with E-state index in [4.69, 9.17) is 4.74 Å². The number of carbonyl (C=O) groups is 1. The van der Waals surface area contributed by atoms with E-state index in [9.17, 15) is 4.79 Å². The fourth-order valence-electron chi connectivity index (χ4n) is 2.91. The lowest BCUT2D eigenvalue weighted by molar-refractivity contribution is 0.139. The van der Waals surface area contributed by atoms with Gasteiger partial charge in [0.2, 0.25) is 0 Å². The highest BCUT2D eigenvalue weighted by molar-refractivity contribution is 9.10. The van der Waals surface area contributed by atoms with E-state index in [1.54, 1.807) is 4.90 Å². The van der Waals surface area contributed by atoms with Gasteiger partial charge < -0.3 is 4.74 Å². The maximum Gasteiger partial charge on any atom is 0.414 e. The third kappa shape index (κ3) is 2.99. The minimum absolute atomic E-state index is 0.217. The van der Waals surface area contributed by atoms with E-state index in [2.05, 4.69) is 26.9 Å². The number of hydrogen-bond donors (Lipinski definition) is 0. The Labute approximate surface area is 127 Å². The number of nitrogens with zero attached hydrogens (tertiary/aromatic N) is 2. The van der Waals surface area contributed by atoms with E-state index >= 15 is 0 Å². The standard InChI is InChI=1S/C15H19BrN2O2/c16-13-3-4-14-12(11-13)5-8-18(14)15(19)20-10-9-17-6-1-2-7-17/h3-4,11H,1-2,5-10H2. The molecule has 3 rings (SSSR count). The summed E-state index contributed by atoms with van der Waals surface area (Å²) < 4.78 is 6.46. The van der Waals surface area contributed by atoms with Crippen LogP contribution < -0.4 is 4.90 Å². The molecule has 1 aromatic rings. The first kappa shape index (κ1) is 13.9.